The second-order valence-corrected chi connectivity index (χ2v) is 5.26. The van der Waals surface area contributed by atoms with Crippen LogP contribution in [0.1, 0.15) is 30.1 Å². The minimum Gasteiger partial charge on any atom is -0.321 e. The van der Waals surface area contributed by atoms with Crippen molar-refractivity contribution in [1.82, 2.24) is 19.7 Å². The minimum absolute atomic E-state index is 0.525. The van der Waals surface area contributed by atoms with Crippen LogP contribution in [-0.4, -0.2) is 19.7 Å². The molecule has 5 heteroatoms. The minimum atomic E-state index is 0.525. The van der Waals surface area contributed by atoms with Crippen LogP contribution in [0.4, 0.5) is 0 Å². The molecule has 20 heavy (non-hydrogen) atoms. The predicted molar refractivity (Wildman–Crippen MR) is 75.0 cm³/mol. The van der Waals surface area contributed by atoms with Crippen LogP contribution in [0.25, 0.3) is 22.4 Å². The molecule has 0 radical (unpaired) electrons. The molecule has 1 aromatic carbocycles. The fraction of sp³-hybridized carbons (Fsp3) is 0.267. The van der Waals surface area contributed by atoms with Crippen LogP contribution in [0, 0.1) is 18.3 Å². The largest absolute Gasteiger partial charge is 0.321 e. The molecule has 0 bridgehead atoms. The Kier molecular flexibility index (Phi) is 2.21. The molecule has 1 saturated carbocycles. The van der Waals surface area contributed by atoms with Crippen LogP contribution in [0.2, 0.25) is 0 Å². The third kappa shape index (κ3) is 1.55. The molecule has 1 N–H and O–H groups in total. The predicted octanol–water partition coefficient (Wildman–Crippen LogP) is 2.94. The maximum absolute atomic E-state index is 9.02. The highest BCUT2D eigenvalue weighted by molar-refractivity contribution is 5.82. The van der Waals surface area contributed by atoms with E-state index in [9.17, 15) is 0 Å². The first kappa shape index (κ1) is 11.2. The molecule has 1 aliphatic carbocycles. The number of hydrogen-bond donors (Lipinski definition) is 1. The number of fused-ring (bicyclic) bond motifs is 1. The summed E-state index contributed by atoms with van der Waals surface area (Å²) in [5.74, 6) is 0.948. The first-order chi connectivity index (χ1) is 9.78. The lowest BCUT2D eigenvalue weighted by Crippen LogP contribution is -1.97. The number of hydrogen-bond acceptors (Lipinski definition) is 3. The Morgan fingerprint density at radius 2 is 2.25 bits per heavy atom. The van der Waals surface area contributed by atoms with Gasteiger partial charge in [0.25, 0.3) is 0 Å². The quantitative estimate of drug-likeness (QED) is 0.772. The van der Waals surface area contributed by atoms with E-state index in [2.05, 4.69) is 20.8 Å². The van der Waals surface area contributed by atoms with Crippen LogP contribution in [0.3, 0.4) is 0 Å². The van der Waals surface area contributed by atoms with Crippen molar-refractivity contribution in [1.29, 1.82) is 5.26 Å². The monoisotopic (exact) mass is 263 g/mol. The lowest BCUT2D eigenvalue weighted by atomic mass is 10.2. The van der Waals surface area contributed by atoms with Crippen molar-refractivity contribution in [2.45, 2.75) is 25.8 Å². The molecular weight excluding hydrogens is 250 g/mol. The standard InChI is InChI=1S/C15H13N5/c1-9-12(8-17-19-9)15-18-13-6-10(7-16)2-5-14(13)20(15)11-3-4-11/h2,5-6,8,11H,3-4H2,1H3,(H,17,19). The van der Waals surface area contributed by atoms with Gasteiger partial charge < -0.3 is 4.57 Å². The van der Waals surface area contributed by atoms with Crippen molar-refractivity contribution in [2.75, 3.05) is 0 Å². The molecule has 5 nitrogen and oxygen atoms in total. The van der Waals surface area contributed by atoms with Gasteiger partial charge in [-0.25, -0.2) is 4.98 Å². The zero-order valence-corrected chi connectivity index (χ0v) is 11.1. The molecule has 1 fully saturated rings. The first-order valence-electron chi connectivity index (χ1n) is 6.70. The summed E-state index contributed by atoms with van der Waals surface area (Å²) in [5.41, 5.74) is 4.68. The van der Waals surface area contributed by atoms with Gasteiger partial charge in [-0.1, -0.05) is 0 Å². The highest BCUT2D eigenvalue weighted by Gasteiger charge is 2.29. The van der Waals surface area contributed by atoms with E-state index < -0.39 is 0 Å². The molecule has 4 rings (SSSR count). The Hall–Kier alpha value is -2.61. The van der Waals surface area contributed by atoms with Gasteiger partial charge in [0.15, 0.2) is 0 Å². The van der Waals surface area contributed by atoms with Gasteiger partial charge in [0.1, 0.15) is 5.82 Å². The van der Waals surface area contributed by atoms with Gasteiger partial charge in [0.2, 0.25) is 0 Å². The van der Waals surface area contributed by atoms with E-state index in [-0.39, 0.29) is 0 Å². The van der Waals surface area contributed by atoms with Crippen molar-refractivity contribution in [3.05, 3.63) is 35.7 Å². The van der Waals surface area contributed by atoms with Crippen LogP contribution in [0.15, 0.2) is 24.4 Å². The van der Waals surface area contributed by atoms with Gasteiger partial charge in [-0.15, -0.1) is 0 Å². The highest BCUT2D eigenvalue weighted by atomic mass is 15.2. The van der Waals surface area contributed by atoms with E-state index in [0.29, 0.717) is 11.6 Å². The SMILES string of the molecule is Cc1[nH]ncc1-c1nc2cc(C#N)ccc2n1C1CC1. The zero-order valence-electron chi connectivity index (χ0n) is 11.1. The summed E-state index contributed by atoms with van der Waals surface area (Å²) >= 11 is 0. The number of nitriles is 1. The zero-order chi connectivity index (χ0) is 13.7. The van der Waals surface area contributed by atoms with Crippen molar-refractivity contribution in [3.63, 3.8) is 0 Å². The Morgan fingerprint density at radius 3 is 2.90 bits per heavy atom. The molecule has 2 heterocycles. The van der Waals surface area contributed by atoms with Crippen molar-refractivity contribution < 1.29 is 0 Å². The molecule has 0 aliphatic heterocycles. The summed E-state index contributed by atoms with van der Waals surface area (Å²) in [7, 11) is 0. The van der Waals surface area contributed by atoms with E-state index in [1.165, 1.54) is 12.8 Å². The third-order valence-electron chi connectivity index (χ3n) is 3.80. The second kappa shape index (κ2) is 3.94. The molecule has 2 aromatic heterocycles. The first-order valence-corrected chi connectivity index (χ1v) is 6.70. The Balaban J connectivity index is 2.03. The fourth-order valence-corrected chi connectivity index (χ4v) is 2.64. The van der Waals surface area contributed by atoms with E-state index >= 15 is 0 Å². The number of H-pyrrole nitrogens is 1. The summed E-state index contributed by atoms with van der Waals surface area (Å²) in [4.78, 5) is 4.74. The number of nitrogens with one attached hydrogen (secondary N) is 1. The maximum Gasteiger partial charge on any atom is 0.144 e. The summed E-state index contributed by atoms with van der Waals surface area (Å²) < 4.78 is 2.29. The van der Waals surface area contributed by atoms with Gasteiger partial charge in [0.05, 0.1) is 34.4 Å². The van der Waals surface area contributed by atoms with Crippen molar-refractivity contribution in [2.24, 2.45) is 0 Å². The number of rotatable bonds is 2. The van der Waals surface area contributed by atoms with Crippen molar-refractivity contribution >= 4 is 11.0 Å². The molecule has 0 saturated heterocycles. The lowest BCUT2D eigenvalue weighted by molar-refractivity contribution is 0.775. The van der Waals surface area contributed by atoms with Crippen LogP contribution in [-0.2, 0) is 0 Å². The topological polar surface area (TPSA) is 70.3 Å². The summed E-state index contributed by atoms with van der Waals surface area (Å²) in [6, 6.07) is 8.40. The van der Waals surface area contributed by atoms with Gasteiger partial charge >= 0.3 is 0 Å². The smallest absolute Gasteiger partial charge is 0.144 e. The molecule has 0 spiro atoms. The van der Waals surface area contributed by atoms with Gasteiger partial charge in [-0.05, 0) is 38.0 Å². The van der Waals surface area contributed by atoms with Crippen LogP contribution in [0.5, 0.6) is 0 Å². The summed E-state index contributed by atoms with van der Waals surface area (Å²) in [6.45, 7) is 2.00. The number of aromatic nitrogens is 4. The molecule has 0 atom stereocenters. The summed E-state index contributed by atoms with van der Waals surface area (Å²) in [6.07, 6.45) is 4.20. The summed E-state index contributed by atoms with van der Waals surface area (Å²) in [5, 5.41) is 16.1. The van der Waals surface area contributed by atoms with Crippen molar-refractivity contribution in [3.8, 4) is 17.5 Å². The number of imidazole rings is 1. The van der Waals surface area contributed by atoms with Crippen LogP contribution >= 0.6 is 0 Å². The maximum atomic E-state index is 9.02. The normalized spacial score (nSPS) is 14.6. The van der Waals surface area contributed by atoms with Gasteiger partial charge in [-0.3, -0.25) is 5.10 Å². The number of aryl methyl sites for hydroxylation is 1. The average molecular weight is 263 g/mol. The fourth-order valence-electron chi connectivity index (χ4n) is 2.64. The highest BCUT2D eigenvalue weighted by Crippen LogP contribution is 2.41. The van der Waals surface area contributed by atoms with E-state index in [1.807, 2.05) is 31.3 Å². The molecule has 0 amide bonds. The second-order valence-electron chi connectivity index (χ2n) is 5.26. The molecule has 0 unspecified atom stereocenters. The van der Waals surface area contributed by atoms with E-state index in [1.54, 1.807) is 0 Å². The molecule has 3 aromatic rings. The Morgan fingerprint density at radius 1 is 1.40 bits per heavy atom. The number of aromatic amines is 1. The molecule has 98 valence electrons. The number of benzene rings is 1. The van der Waals surface area contributed by atoms with E-state index in [0.717, 1.165) is 28.1 Å². The van der Waals surface area contributed by atoms with Gasteiger partial charge in [0, 0.05) is 11.7 Å². The van der Waals surface area contributed by atoms with Gasteiger partial charge in [-0.2, -0.15) is 10.4 Å². The Bertz CT molecular complexity index is 845. The lowest BCUT2D eigenvalue weighted by Gasteiger charge is -2.06. The molecule has 1 aliphatic rings. The van der Waals surface area contributed by atoms with E-state index in [4.69, 9.17) is 10.2 Å². The average Bonchev–Trinajstić information content (AvgIpc) is 3.10. The van der Waals surface area contributed by atoms with Crippen LogP contribution < -0.4 is 0 Å². The number of nitrogens with zero attached hydrogens (tertiary/aromatic N) is 4. The third-order valence-corrected chi connectivity index (χ3v) is 3.80. The molecular formula is C15H13N5. The Labute approximate surface area is 115 Å².